The molecule has 0 saturated heterocycles. The molecular weight excluding hydrogens is 210 g/mol. The Balaban J connectivity index is 2.02. The summed E-state index contributed by atoms with van der Waals surface area (Å²) in [5.41, 5.74) is 0.957. The second kappa shape index (κ2) is 4.27. The van der Waals surface area contributed by atoms with Crippen LogP contribution in [0.5, 0.6) is 0 Å². The van der Waals surface area contributed by atoms with E-state index >= 15 is 0 Å². The molecule has 2 rings (SSSR count). The van der Waals surface area contributed by atoms with Crippen molar-refractivity contribution in [3.05, 3.63) is 46.4 Å². The van der Waals surface area contributed by atoms with Gasteiger partial charge in [0.15, 0.2) is 0 Å². The fraction of sp³-hybridized carbons (Fsp3) is 0.200. The number of benzene rings is 1. The predicted octanol–water partition coefficient (Wildman–Crippen LogP) is 1.45. The lowest BCUT2D eigenvalue weighted by molar-refractivity contribution is 0.931. The molecule has 0 unspecified atom stereocenters. The van der Waals surface area contributed by atoms with Gasteiger partial charge in [-0.1, -0.05) is 30.3 Å². The Morgan fingerprint density at radius 2 is 2.13 bits per heavy atom. The number of hydrogen-bond acceptors (Lipinski definition) is 4. The zero-order valence-corrected chi connectivity index (χ0v) is 9.12. The standard InChI is InChI=1S/C10H11N3OS/c1-13-10(14)12-9(15-13)11-7-8-5-3-2-4-6-8/h2-6H,7H2,1H3,(H,11,12,14). The Morgan fingerprint density at radius 3 is 2.73 bits per heavy atom. The van der Waals surface area contributed by atoms with Gasteiger partial charge in [0.05, 0.1) is 0 Å². The molecule has 0 aliphatic rings. The minimum atomic E-state index is -0.212. The van der Waals surface area contributed by atoms with Crippen LogP contribution in [-0.2, 0) is 13.6 Å². The summed E-state index contributed by atoms with van der Waals surface area (Å²) in [6.45, 7) is 0.688. The lowest BCUT2D eigenvalue weighted by Gasteiger charge is -2.00. The maximum atomic E-state index is 11.1. The fourth-order valence-electron chi connectivity index (χ4n) is 1.19. The molecule has 0 amide bonds. The smallest absolute Gasteiger partial charge is 0.356 e. The maximum Gasteiger partial charge on any atom is 0.359 e. The van der Waals surface area contributed by atoms with Gasteiger partial charge in [0.25, 0.3) is 0 Å². The molecule has 0 radical (unpaired) electrons. The number of aryl methyl sites for hydroxylation is 1. The van der Waals surface area contributed by atoms with Gasteiger partial charge in [-0.2, -0.15) is 4.98 Å². The van der Waals surface area contributed by atoms with E-state index in [1.54, 1.807) is 7.05 Å². The first-order valence-electron chi connectivity index (χ1n) is 4.58. The largest absolute Gasteiger partial charge is 0.359 e. The molecule has 1 heterocycles. The first-order valence-corrected chi connectivity index (χ1v) is 5.35. The predicted molar refractivity (Wildman–Crippen MR) is 61.1 cm³/mol. The summed E-state index contributed by atoms with van der Waals surface area (Å²) in [6, 6.07) is 10.00. The van der Waals surface area contributed by atoms with Crippen molar-refractivity contribution in [2.24, 2.45) is 7.05 Å². The van der Waals surface area contributed by atoms with Crippen molar-refractivity contribution in [1.82, 2.24) is 8.94 Å². The average molecular weight is 221 g/mol. The normalized spacial score (nSPS) is 10.2. The first-order chi connectivity index (χ1) is 7.25. The summed E-state index contributed by atoms with van der Waals surface area (Å²) in [6.07, 6.45) is 0. The topological polar surface area (TPSA) is 46.9 Å². The van der Waals surface area contributed by atoms with Crippen LogP contribution in [0.15, 0.2) is 35.1 Å². The molecule has 0 aliphatic heterocycles. The Labute approximate surface area is 91.4 Å². The quantitative estimate of drug-likeness (QED) is 0.853. The third kappa shape index (κ3) is 2.44. The molecule has 4 nitrogen and oxygen atoms in total. The van der Waals surface area contributed by atoms with Crippen molar-refractivity contribution in [3.8, 4) is 0 Å². The summed E-state index contributed by atoms with van der Waals surface area (Å²) in [5.74, 6) is 0. The second-order valence-electron chi connectivity index (χ2n) is 3.13. The van der Waals surface area contributed by atoms with Crippen LogP contribution in [-0.4, -0.2) is 8.94 Å². The molecule has 0 bridgehead atoms. The van der Waals surface area contributed by atoms with Crippen LogP contribution in [0.1, 0.15) is 5.56 Å². The monoisotopic (exact) mass is 221 g/mol. The molecular formula is C10H11N3OS. The molecule has 78 valence electrons. The van der Waals surface area contributed by atoms with Gasteiger partial charge < -0.3 is 5.32 Å². The highest BCUT2D eigenvalue weighted by Gasteiger charge is 2.01. The zero-order chi connectivity index (χ0) is 10.7. The van der Waals surface area contributed by atoms with E-state index in [9.17, 15) is 4.79 Å². The molecule has 1 N–H and O–H groups in total. The van der Waals surface area contributed by atoms with Gasteiger partial charge in [0.1, 0.15) is 0 Å². The van der Waals surface area contributed by atoms with E-state index in [2.05, 4.69) is 10.3 Å². The molecule has 1 aromatic carbocycles. The van der Waals surface area contributed by atoms with Gasteiger partial charge in [-0.25, -0.2) is 8.75 Å². The molecule has 0 spiro atoms. The van der Waals surface area contributed by atoms with Crippen molar-refractivity contribution in [3.63, 3.8) is 0 Å². The lowest BCUT2D eigenvalue weighted by atomic mass is 10.2. The molecule has 0 aliphatic carbocycles. The van der Waals surface area contributed by atoms with Gasteiger partial charge in [0.2, 0.25) is 5.13 Å². The first kappa shape index (κ1) is 9.92. The summed E-state index contributed by atoms with van der Waals surface area (Å²) in [5, 5.41) is 3.77. The Hall–Kier alpha value is -1.62. The molecule has 1 aromatic heterocycles. The van der Waals surface area contributed by atoms with Crippen LogP contribution >= 0.6 is 11.5 Å². The lowest BCUT2D eigenvalue weighted by Crippen LogP contribution is -2.10. The molecule has 5 heteroatoms. The molecule has 2 aromatic rings. The van der Waals surface area contributed by atoms with Crippen molar-refractivity contribution in [1.29, 1.82) is 0 Å². The van der Waals surface area contributed by atoms with Gasteiger partial charge in [-0.3, -0.25) is 0 Å². The maximum absolute atomic E-state index is 11.1. The molecule has 0 atom stereocenters. The van der Waals surface area contributed by atoms with Gasteiger partial charge in [0, 0.05) is 13.6 Å². The van der Waals surface area contributed by atoms with E-state index in [0.29, 0.717) is 11.7 Å². The highest BCUT2D eigenvalue weighted by atomic mass is 32.1. The number of hydrogen-bond donors (Lipinski definition) is 1. The zero-order valence-electron chi connectivity index (χ0n) is 8.30. The number of aromatic nitrogens is 2. The third-order valence-electron chi connectivity index (χ3n) is 1.98. The van der Waals surface area contributed by atoms with E-state index in [0.717, 1.165) is 0 Å². The van der Waals surface area contributed by atoms with Crippen LogP contribution in [0.25, 0.3) is 0 Å². The highest BCUT2D eigenvalue weighted by molar-refractivity contribution is 7.10. The SMILES string of the molecule is Cn1sc(NCc2ccccc2)nc1=O. The van der Waals surface area contributed by atoms with Gasteiger partial charge in [-0.15, -0.1) is 0 Å². The summed E-state index contributed by atoms with van der Waals surface area (Å²) >= 11 is 1.32. The third-order valence-corrected chi connectivity index (χ3v) is 2.82. The minimum absolute atomic E-state index is 0.212. The molecule has 0 saturated carbocycles. The van der Waals surface area contributed by atoms with Crippen molar-refractivity contribution < 1.29 is 0 Å². The highest BCUT2D eigenvalue weighted by Crippen LogP contribution is 2.09. The van der Waals surface area contributed by atoms with Crippen LogP contribution in [0, 0.1) is 0 Å². The Morgan fingerprint density at radius 1 is 1.40 bits per heavy atom. The summed E-state index contributed by atoms with van der Waals surface area (Å²) in [4.78, 5) is 14.9. The van der Waals surface area contributed by atoms with E-state index in [-0.39, 0.29) is 5.69 Å². The number of rotatable bonds is 3. The van der Waals surface area contributed by atoms with Crippen LogP contribution in [0.2, 0.25) is 0 Å². The number of nitrogens with one attached hydrogen (secondary N) is 1. The molecule has 15 heavy (non-hydrogen) atoms. The van der Waals surface area contributed by atoms with E-state index in [1.165, 1.54) is 21.1 Å². The summed E-state index contributed by atoms with van der Waals surface area (Å²) in [7, 11) is 1.70. The van der Waals surface area contributed by atoms with Crippen LogP contribution in [0.4, 0.5) is 5.13 Å². The van der Waals surface area contributed by atoms with Crippen molar-refractivity contribution >= 4 is 16.7 Å². The Kier molecular flexibility index (Phi) is 2.82. The summed E-state index contributed by atoms with van der Waals surface area (Å²) < 4.78 is 1.49. The minimum Gasteiger partial charge on any atom is -0.356 e. The van der Waals surface area contributed by atoms with Gasteiger partial charge in [-0.05, 0) is 17.1 Å². The van der Waals surface area contributed by atoms with Crippen molar-refractivity contribution in [2.75, 3.05) is 5.32 Å². The van der Waals surface area contributed by atoms with Crippen molar-refractivity contribution in [2.45, 2.75) is 6.54 Å². The molecule has 0 fully saturated rings. The van der Waals surface area contributed by atoms with Crippen LogP contribution < -0.4 is 11.0 Å². The fourth-order valence-corrected chi connectivity index (χ4v) is 1.83. The Bertz CT molecular complexity index is 489. The van der Waals surface area contributed by atoms with Crippen LogP contribution in [0.3, 0.4) is 0 Å². The van der Waals surface area contributed by atoms with E-state index in [4.69, 9.17) is 0 Å². The second-order valence-corrected chi connectivity index (χ2v) is 4.24. The van der Waals surface area contributed by atoms with E-state index in [1.807, 2.05) is 30.3 Å². The average Bonchev–Trinajstić information content (AvgIpc) is 2.57. The van der Waals surface area contributed by atoms with Gasteiger partial charge >= 0.3 is 5.69 Å². The number of anilines is 1. The van der Waals surface area contributed by atoms with E-state index < -0.39 is 0 Å². The number of nitrogens with zero attached hydrogens (tertiary/aromatic N) is 2.